The summed E-state index contributed by atoms with van der Waals surface area (Å²) in [7, 11) is 2.00. The Morgan fingerprint density at radius 2 is 1.72 bits per heavy atom. The van der Waals surface area contributed by atoms with Crippen LogP contribution in [0.3, 0.4) is 0 Å². The molecular formula is C16H18ClN. The van der Waals surface area contributed by atoms with E-state index < -0.39 is 0 Å². The lowest BCUT2D eigenvalue weighted by Gasteiger charge is -2.14. The van der Waals surface area contributed by atoms with Crippen LogP contribution in [0.5, 0.6) is 0 Å². The highest BCUT2D eigenvalue weighted by molar-refractivity contribution is 6.33. The van der Waals surface area contributed by atoms with Gasteiger partial charge in [-0.25, -0.2) is 0 Å². The highest BCUT2D eigenvalue weighted by Crippen LogP contribution is 2.28. The number of hydrogen-bond acceptors (Lipinski definition) is 1. The second-order valence-electron chi connectivity index (χ2n) is 4.35. The molecule has 0 spiro atoms. The molecule has 1 N–H and O–H groups in total. The largest absolute Gasteiger partial charge is 0.313 e. The molecule has 1 nitrogen and oxygen atoms in total. The van der Waals surface area contributed by atoms with Gasteiger partial charge in [-0.2, -0.15) is 0 Å². The van der Waals surface area contributed by atoms with Crippen molar-refractivity contribution in [2.45, 2.75) is 19.4 Å². The van der Waals surface area contributed by atoms with Crippen LogP contribution in [-0.2, 0) is 0 Å². The van der Waals surface area contributed by atoms with Crippen molar-refractivity contribution >= 4 is 11.6 Å². The maximum absolute atomic E-state index is 6.20. The van der Waals surface area contributed by atoms with Gasteiger partial charge in [0.15, 0.2) is 0 Å². The van der Waals surface area contributed by atoms with Crippen LogP contribution in [0.2, 0.25) is 5.02 Å². The van der Waals surface area contributed by atoms with E-state index in [2.05, 4.69) is 36.5 Å². The van der Waals surface area contributed by atoms with E-state index >= 15 is 0 Å². The van der Waals surface area contributed by atoms with Gasteiger partial charge in [-0.15, -0.1) is 0 Å². The predicted molar refractivity (Wildman–Crippen MR) is 79.0 cm³/mol. The van der Waals surface area contributed by atoms with Crippen molar-refractivity contribution in [2.24, 2.45) is 0 Å². The quantitative estimate of drug-likeness (QED) is 0.841. The Bertz CT molecular complexity index is 501. The average molecular weight is 260 g/mol. The highest BCUT2D eigenvalue weighted by atomic mass is 35.5. The fourth-order valence-corrected chi connectivity index (χ4v) is 2.44. The van der Waals surface area contributed by atoms with Gasteiger partial charge < -0.3 is 5.32 Å². The molecule has 0 bridgehead atoms. The van der Waals surface area contributed by atoms with Crippen molar-refractivity contribution in [1.29, 1.82) is 0 Å². The van der Waals surface area contributed by atoms with E-state index in [0.29, 0.717) is 6.04 Å². The zero-order chi connectivity index (χ0) is 13.0. The van der Waals surface area contributed by atoms with E-state index in [0.717, 1.165) is 22.6 Å². The number of hydrogen-bond donors (Lipinski definition) is 1. The van der Waals surface area contributed by atoms with Gasteiger partial charge in [0.2, 0.25) is 0 Å². The van der Waals surface area contributed by atoms with Crippen molar-refractivity contribution in [2.75, 3.05) is 7.05 Å². The summed E-state index contributed by atoms with van der Waals surface area (Å²) < 4.78 is 0. The van der Waals surface area contributed by atoms with Gasteiger partial charge in [-0.3, -0.25) is 0 Å². The third-order valence-corrected chi connectivity index (χ3v) is 3.58. The molecule has 94 valence electrons. The summed E-state index contributed by atoms with van der Waals surface area (Å²) >= 11 is 6.20. The van der Waals surface area contributed by atoms with Gasteiger partial charge in [-0.05, 0) is 30.7 Å². The van der Waals surface area contributed by atoms with E-state index in [9.17, 15) is 0 Å². The minimum absolute atomic E-state index is 0.422. The summed E-state index contributed by atoms with van der Waals surface area (Å²) in [5.41, 5.74) is 3.56. The summed E-state index contributed by atoms with van der Waals surface area (Å²) in [5.74, 6) is 0. The molecule has 1 atom stereocenters. The molecule has 0 fully saturated rings. The van der Waals surface area contributed by atoms with Gasteiger partial charge in [0.25, 0.3) is 0 Å². The Kier molecular flexibility index (Phi) is 4.40. The maximum atomic E-state index is 6.20. The Morgan fingerprint density at radius 1 is 1.06 bits per heavy atom. The van der Waals surface area contributed by atoms with E-state index in [-0.39, 0.29) is 0 Å². The highest BCUT2D eigenvalue weighted by Gasteiger charge is 2.07. The fourth-order valence-electron chi connectivity index (χ4n) is 2.20. The van der Waals surface area contributed by atoms with Gasteiger partial charge >= 0.3 is 0 Å². The van der Waals surface area contributed by atoms with Gasteiger partial charge in [0.1, 0.15) is 0 Å². The van der Waals surface area contributed by atoms with Crippen LogP contribution < -0.4 is 5.32 Å². The third-order valence-electron chi connectivity index (χ3n) is 3.25. The van der Waals surface area contributed by atoms with Crippen LogP contribution in [-0.4, -0.2) is 7.05 Å². The number of rotatable bonds is 4. The molecule has 0 saturated carbocycles. The lowest BCUT2D eigenvalue weighted by molar-refractivity contribution is 0.577. The molecule has 0 aliphatic rings. The Labute approximate surface area is 114 Å². The normalized spacial score (nSPS) is 12.4. The Balaban J connectivity index is 2.30. The first-order chi connectivity index (χ1) is 8.76. The van der Waals surface area contributed by atoms with E-state index in [1.807, 2.05) is 31.3 Å². The van der Waals surface area contributed by atoms with Gasteiger partial charge in [-0.1, -0.05) is 61.0 Å². The average Bonchev–Trinajstić information content (AvgIpc) is 2.42. The fraction of sp³-hybridized carbons (Fsp3) is 0.250. The summed E-state index contributed by atoms with van der Waals surface area (Å²) in [6, 6.07) is 17.0. The van der Waals surface area contributed by atoms with E-state index in [1.165, 1.54) is 5.56 Å². The molecule has 0 saturated heterocycles. The summed E-state index contributed by atoms with van der Waals surface area (Å²) in [6.07, 6.45) is 1.09. The van der Waals surface area contributed by atoms with Crippen LogP contribution in [0.25, 0.3) is 11.1 Å². The summed E-state index contributed by atoms with van der Waals surface area (Å²) in [4.78, 5) is 0. The lowest BCUT2D eigenvalue weighted by atomic mass is 9.99. The Morgan fingerprint density at radius 3 is 2.28 bits per heavy atom. The molecule has 0 amide bonds. The molecule has 0 aliphatic carbocycles. The van der Waals surface area contributed by atoms with Crippen molar-refractivity contribution in [3.8, 4) is 11.1 Å². The van der Waals surface area contributed by atoms with Crippen molar-refractivity contribution in [1.82, 2.24) is 5.32 Å². The number of benzene rings is 2. The first-order valence-corrected chi connectivity index (χ1v) is 6.66. The first-order valence-electron chi connectivity index (χ1n) is 6.28. The minimum atomic E-state index is 0.422. The van der Waals surface area contributed by atoms with E-state index in [1.54, 1.807) is 0 Å². The molecule has 2 aromatic rings. The molecule has 18 heavy (non-hydrogen) atoms. The van der Waals surface area contributed by atoms with Crippen molar-refractivity contribution in [3.63, 3.8) is 0 Å². The molecule has 2 aromatic carbocycles. The molecule has 0 heterocycles. The number of nitrogens with one attached hydrogen (secondary N) is 1. The standard InChI is InChI=1S/C16H18ClN/c1-3-16(18-2)13-10-8-12(9-11-13)14-6-4-5-7-15(14)17/h4-11,16,18H,3H2,1-2H3. The second kappa shape index (κ2) is 6.03. The smallest absolute Gasteiger partial charge is 0.0484 e. The first kappa shape index (κ1) is 13.1. The maximum Gasteiger partial charge on any atom is 0.0484 e. The summed E-state index contributed by atoms with van der Waals surface area (Å²) in [5, 5.41) is 4.11. The zero-order valence-electron chi connectivity index (χ0n) is 10.8. The summed E-state index contributed by atoms with van der Waals surface area (Å²) in [6.45, 7) is 2.18. The van der Waals surface area contributed by atoms with E-state index in [4.69, 9.17) is 11.6 Å². The van der Waals surface area contributed by atoms with Gasteiger partial charge in [0.05, 0.1) is 0 Å². The van der Waals surface area contributed by atoms with Crippen LogP contribution in [0.1, 0.15) is 24.9 Å². The van der Waals surface area contributed by atoms with Crippen molar-refractivity contribution in [3.05, 3.63) is 59.1 Å². The molecule has 0 aliphatic heterocycles. The van der Waals surface area contributed by atoms with Gasteiger partial charge in [0, 0.05) is 16.6 Å². The monoisotopic (exact) mass is 259 g/mol. The SMILES string of the molecule is CCC(NC)c1ccc(-c2ccccc2Cl)cc1. The topological polar surface area (TPSA) is 12.0 Å². The molecule has 2 rings (SSSR count). The molecule has 0 aromatic heterocycles. The predicted octanol–water partition coefficient (Wildman–Crippen LogP) is 4.68. The molecule has 1 unspecified atom stereocenters. The zero-order valence-corrected chi connectivity index (χ0v) is 11.5. The van der Waals surface area contributed by atoms with Crippen LogP contribution >= 0.6 is 11.6 Å². The van der Waals surface area contributed by atoms with Crippen LogP contribution in [0.4, 0.5) is 0 Å². The molecule has 2 heteroatoms. The molecular weight excluding hydrogens is 242 g/mol. The molecule has 0 radical (unpaired) electrons. The lowest BCUT2D eigenvalue weighted by Crippen LogP contribution is -2.14. The number of halogens is 1. The van der Waals surface area contributed by atoms with Crippen molar-refractivity contribution < 1.29 is 0 Å². The van der Waals surface area contributed by atoms with Crippen LogP contribution in [0, 0.1) is 0 Å². The second-order valence-corrected chi connectivity index (χ2v) is 4.76. The minimum Gasteiger partial charge on any atom is -0.313 e. The van der Waals surface area contributed by atoms with Crippen LogP contribution in [0.15, 0.2) is 48.5 Å². The Hall–Kier alpha value is -1.31. The third kappa shape index (κ3) is 2.74.